The molecule has 2 rings (SSSR count). The van der Waals surface area contributed by atoms with Gasteiger partial charge in [-0.15, -0.1) is 0 Å². The molecule has 3 nitrogen and oxygen atoms in total. The summed E-state index contributed by atoms with van der Waals surface area (Å²) in [6, 6.07) is 6.03. The summed E-state index contributed by atoms with van der Waals surface area (Å²) in [5.41, 5.74) is 1.23. The lowest BCUT2D eigenvalue weighted by Gasteiger charge is -2.33. The molecule has 0 amide bonds. The molecule has 0 aliphatic heterocycles. The summed E-state index contributed by atoms with van der Waals surface area (Å²) >= 11 is 0. The molecule has 1 aromatic rings. The molecule has 1 saturated carbocycles. The van der Waals surface area contributed by atoms with E-state index in [1.165, 1.54) is 5.56 Å². The van der Waals surface area contributed by atoms with Crippen molar-refractivity contribution in [1.82, 2.24) is 0 Å². The summed E-state index contributed by atoms with van der Waals surface area (Å²) in [6.07, 6.45) is 4.50. The van der Waals surface area contributed by atoms with Gasteiger partial charge in [-0.05, 0) is 49.3 Å². The minimum Gasteiger partial charge on any atom is -0.493 e. The third kappa shape index (κ3) is 3.45. The van der Waals surface area contributed by atoms with Gasteiger partial charge in [0.05, 0.1) is 13.2 Å². The fourth-order valence-electron chi connectivity index (χ4n) is 2.89. The highest BCUT2D eigenvalue weighted by Crippen LogP contribution is 2.34. The number of aliphatic hydroxyl groups is 1. The van der Waals surface area contributed by atoms with Crippen LogP contribution in [0, 0.1) is 5.92 Å². The van der Waals surface area contributed by atoms with E-state index >= 15 is 0 Å². The minimum atomic E-state index is -0.367. The van der Waals surface area contributed by atoms with Crippen molar-refractivity contribution in [3.8, 4) is 11.5 Å². The van der Waals surface area contributed by atoms with E-state index in [9.17, 15) is 5.11 Å². The maximum atomic E-state index is 10.1. The smallest absolute Gasteiger partial charge is 0.161 e. The topological polar surface area (TPSA) is 38.7 Å². The summed E-state index contributed by atoms with van der Waals surface area (Å²) in [5.74, 6) is 2.16. The van der Waals surface area contributed by atoms with Crippen molar-refractivity contribution < 1.29 is 14.6 Å². The Bertz CT molecular complexity index is 430. The van der Waals surface area contributed by atoms with Gasteiger partial charge in [0.25, 0.3) is 0 Å². The summed E-state index contributed by atoms with van der Waals surface area (Å²) in [6.45, 7) is 4.32. The first-order valence-electron chi connectivity index (χ1n) is 7.69. The lowest BCUT2D eigenvalue weighted by atomic mass is 9.84. The van der Waals surface area contributed by atoms with Crippen LogP contribution in [0.3, 0.4) is 0 Å². The molecule has 3 heteroatoms. The van der Waals surface area contributed by atoms with Gasteiger partial charge in [0, 0.05) is 0 Å². The van der Waals surface area contributed by atoms with Crippen LogP contribution in [-0.4, -0.2) is 24.4 Å². The Kier molecular flexibility index (Phi) is 5.30. The number of hydrogen-bond donors (Lipinski definition) is 1. The number of rotatable bonds is 5. The van der Waals surface area contributed by atoms with Crippen molar-refractivity contribution in [2.45, 2.75) is 58.2 Å². The minimum absolute atomic E-state index is 0.116. The van der Waals surface area contributed by atoms with Crippen LogP contribution < -0.4 is 9.47 Å². The van der Waals surface area contributed by atoms with Crippen LogP contribution in [0.5, 0.6) is 11.5 Å². The molecular weight excluding hydrogens is 252 g/mol. The van der Waals surface area contributed by atoms with Crippen molar-refractivity contribution in [2.75, 3.05) is 7.11 Å². The van der Waals surface area contributed by atoms with Crippen molar-refractivity contribution in [2.24, 2.45) is 5.92 Å². The summed E-state index contributed by atoms with van der Waals surface area (Å²) in [4.78, 5) is 0. The molecule has 1 fully saturated rings. The van der Waals surface area contributed by atoms with Gasteiger partial charge in [0.2, 0.25) is 0 Å². The highest BCUT2D eigenvalue weighted by atomic mass is 16.5. The van der Waals surface area contributed by atoms with Crippen LogP contribution in [0.1, 0.15) is 45.1 Å². The normalized spacial score (nSPS) is 26.3. The van der Waals surface area contributed by atoms with Gasteiger partial charge >= 0.3 is 0 Å². The molecule has 0 spiro atoms. The lowest BCUT2D eigenvalue weighted by Crippen LogP contribution is -2.38. The molecule has 1 N–H and O–H groups in total. The Labute approximate surface area is 121 Å². The van der Waals surface area contributed by atoms with Crippen molar-refractivity contribution in [1.29, 1.82) is 0 Å². The SMILES string of the molecule is CCc1ccc(OC2CC(CC)CCC2O)c(OC)c1. The molecule has 1 aromatic carbocycles. The van der Waals surface area contributed by atoms with E-state index in [2.05, 4.69) is 19.9 Å². The van der Waals surface area contributed by atoms with Gasteiger partial charge in [0.15, 0.2) is 11.5 Å². The van der Waals surface area contributed by atoms with E-state index in [4.69, 9.17) is 9.47 Å². The first-order valence-corrected chi connectivity index (χ1v) is 7.69. The molecular formula is C17H26O3. The molecule has 0 radical (unpaired) electrons. The Morgan fingerprint density at radius 2 is 2.00 bits per heavy atom. The number of methoxy groups -OCH3 is 1. The molecule has 0 aromatic heterocycles. The first kappa shape index (κ1) is 15.2. The van der Waals surface area contributed by atoms with Crippen LogP contribution in [0.15, 0.2) is 18.2 Å². The van der Waals surface area contributed by atoms with E-state index in [0.29, 0.717) is 5.92 Å². The van der Waals surface area contributed by atoms with Crippen LogP contribution >= 0.6 is 0 Å². The third-order valence-corrected chi connectivity index (χ3v) is 4.36. The van der Waals surface area contributed by atoms with Crippen LogP contribution in [0.25, 0.3) is 0 Å². The van der Waals surface area contributed by atoms with Crippen molar-refractivity contribution >= 4 is 0 Å². The molecule has 1 aliphatic carbocycles. The van der Waals surface area contributed by atoms with E-state index in [1.54, 1.807) is 7.11 Å². The third-order valence-electron chi connectivity index (χ3n) is 4.36. The Morgan fingerprint density at radius 1 is 1.20 bits per heavy atom. The first-order chi connectivity index (χ1) is 9.67. The van der Waals surface area contributed by atoms with Gasteiger partial charge in [0.1, 0.15) is 6.10 Å². The maximum Gasteiger partial charge on any atom is 0.161 e. The second-order valence-electron chi connectivity index (χ2n) is 5.65. The lowest BCUT2D eigenvalue weighted by molar-refractivity contribution is -0.0119. The number of benzene rings is 1. The quantitative estimate of drug-likeness (QED) is 0.894. The van der Waals surface area contributed by atoms with Gasteiger partial charge in [-0.1, -0.05) is 26.3 Å². The molecule has 3 atom stereocenters. The highest BCUT2D eigenvalue weighted by molar-refractivity contribution is 5.43. The highest BCUT2D eigenvalue weighted by Gasteiger charge is 2.30. The second kappa shape index (κ2) is 6.98. The van der Waals surface area contributed by atoms with Gasteiger partial charge in [-0.25, -0.2) is 0 Å². The van der Waals surface area contributed by atoms with Crippen molar-refractivity contribution in [3.63, 3.8) is 0 Å². The molecule has 112 valence electrons. The molecule has 0 heterocycles. The fraction of sp³-hybridized carbons (Fsp3) is 0.647. The predicted octanol–water partition coefficient (Wildman–Crippen LogP) is 3.58. The Morgan fingerprint density at radius 3 is 2.65 bits per heavy atom. The summed E-state index contributed by atoms with van der Waals surface area (Å²) in [7, 11) is 1.66. The van der Waals surface area contributed by atoms with E-state index in [0.717, 1.165) is 43.6 Å². The van der Waals surface area contributed by atoms with Gasteiger partial charge in [-0.3, -0.25) is 0 Å². The largest absolute Gasteiger partial charge is 0.493 e. The molecule has 3 unspecified atom stereocenters. The Balaban J connectivity index is 2.11. The zero-order valence-electron chi connectivity index (χ0n) is 12.8. The molecule has 0 saturated heterocycles. The monoisotopic (exact) mass is 278 g/mol. The number of hydrogen-bond acceptors (Lipinski definition) is 3. The van der Waals surface area contributed by atoms with Crippen LogP contribution in [0.2, 0.25) is 0 Å². The van der Waals surface area contributed by atoms with Crippen molar-refractivity contribution in [3.05, 3.63) is 23.8 Å². The van der Waals surface area contributed by atoms with E-state index in [-0.39, 0.29) is 12.2 Å². The van der Waals surface area contributed by atoms with Gasteiger partial charge < -0.3 is 14.6 Å². The number of aryl methyl sites for hydroxylation is 1. The Hall–Kier alpha value is -1.22. The van der Waals surface area contributed by atoms with E-state index < -0.39 is 0 Å². The summed E-state index contributed by atoms with van der Waals surface area (Å²) in [5, 5.41) is 10.1. The second-order valence-corrected chi connectivity index (χ2v) is 5.65. The standard InChI is InChI=1S/C17H26O3/c1-4-12-6-8-14(18)16(10-12)20-15-9-7-13(5-2)11-17(15)19-3/h7,9,11-12,14,16,18H,4-6,8,10H2,1-3H3. The zero-order chi connectivity index (χ0) is 14.5. The number of aliphatic hydroxyl groups excluding tert-OH is 1. The predicted molar refractivity (Wildman–Crippen MR) is 80.4 cm³/mol. The zero-order valence-corrected chi connectivity index (χ0v) is 12.8. The van der Waals surface area contributed by atoms with E-state index in [1.807, 2.05) is 12.1 Å². The fourth-order valence-corrected chi connectivity index (χ4v) is 2.89. The van der Waals surface area contributed by atoms with Gasteiger partial charge in [-0.2, -0.15) is 0 Å². The average molecular weight is 278 g/mol. The average Bonchev–Trinajstić information content (AvgIpc) is 2.49. The summed E-state index contributed by atoms with van der Waals surface area (Å²) < 4.78 is 11.5. The molecule has 0 bridgehead atoms. The molecule has 20 heavy (non-hydrogen) atoms. The maximum absolute atomic E-state index is 10.1. The van der Waals surface area contributed by atoms with Crippen LogP contribution in [0.4, 0.5) is 0 Å². The van der Waals surface area contributed by atoms with Crippen LogP contribution in [-0.2, 0) is 6.42 Å². The molecule has 1 aliphatic rings. The number of ether oxygens (including phenoxy) is 2.